The lowest BCUT2D eigenvalue weighted by atomic mass is 10.1. The fourth-order valence-electron chi connectivity index (χ4n) is 3.53. The maximum Gasteiger partial charge on any atom is 0.231 e. The maximum absolute atomic E-state index is 13.6. The van der Waals surface area contributed by atoms with Gasteiger partial charge in [-0.05, 0) is 35.7 Å². The van der Waals surface area contributed by atoms with Gasteiger partial charge >= 0.3 is 0 Å². The van der Waals surface area contributed by atoms with E-state index in [0.717, 1.165) is 5.56 Å². The van der Waals surface area contributed by atoms with Crippen molar-refractivity contribution in [3.8, 4) is 11.5 Å². The number of ether oxygens (including phenoxy) is 2. The lowest BCUT2D eigenvalue weighted by Crippen LogP contribution is -2.34. The molecule has 4 rings (SSSR count). The Morgan fingerprint density at radius 3 is 2.86 bits per heavy atom. The van der Waals surface area contributed by atoms with E-state index in [-0.39, 0.29) is 36.8 Å². The molecule has 0 aliphatic carbocycles. The average Bonchev–Trinajstić information content (AvgIpc) is 3.30. The van der Waals surface area contributed by atoms with Crippen LogP contribution in [0.15, 0.2) is 42.5 Å². The molecule has 2 aromatic rings. The molecule has 0 spiro atoms. The molecule has 1 N–H and O–H groups in total. The average molecular weight is 384 g/mol. The van der Waals surface area contributed by atoms with Gasteiger partial charge in [-0.1, -0.05) is 24.3 Å². The van der Waals surface area contributed by atoms with Crippen LogP contribution < -0.4 is 14.8 Å². The molecule has 0 aromatic heterocycles. The second kappa shape index (κ2) is 7.88. The second-order valence-corrected chi connectivity index (χ2v) is 7.00. The minimum Gasteiger partial charge on any atom is -0.454 e. The first-order valence-electron chi connectivity index (χ1n) is 9.27. The van der Waals surface area contributed by atoms with E-state index in [0.29, 0.717) is 43.1 Å². The Balaban J connectivity index is 1.29. The molecule has 2 aliphatic rings. The van der Waals surface area contributed by atoms with Gasteiger partial charge < -0.3 is 19.7 Å². The van der Waals surface area contributed by atoms with Crippen molar-refractivity contribution in [2.24, 2.45) is 5.92 Å². The van der Waals surface area contributed by atoms with Gasteiger partial charge in [0.1, 0.15) is 5.82 Å². The van der Waals surface area contributed by atoms with Crippen molar-refractivity contribution in [1.29, 1.82) is 0 Å². The number of carbonyl (C=O) groups is 2. The van der Waals surface area contributed by atoms with Gasteiger partial charge in [0, 0.05) is 26.1 Å². The highest BCUT2D eigenvalue weighted by molar-refractivity contribution is 5.89. The molecule has 6 nitrogen and oxygen atoms in total. The highest BCUT2D eigenvalue weighted by Gasteiger charge is 2.34. The van der Waals surface area contributed by atoms with Gasteiger partial charge in [-0.15, -0.1) is 0 Å². The number of halogens is 1. The van der Waals surface area contributed by atoms with Crippen LogP contribution >= 0.6 is 0 Å². The fraction of sp³-hybridized carbons (Fsp3) is 0.333. The third kappa shape index (κ3) is 3.93. The number of hydrogen-bond donors (Lipinski definition) is 1. The van der Waals surface area contributed by atoms with E-state index < -0.39 is 0 Å². The zero-order chi connectivity index (χ0) is 19.5. The first-order chi connectivity index (χ1) is 13.6. The zero-order valence-electron chi connectivity index (χ0n) is 15.3. The number of amides is 2. The Bertz CT molecular complexity index is 902. The normalized spacial score (nSPS) is 17.8. The summed E-state index contributed by atoms with van der Waals surface area (Å²) in [5.41, 5.74) is 1.49. The maximum atomic E-state index is 13.6. The number of likely N-dealkylation sites (tertiary alicyclic amines) is 1. The summed E-state index contributed by atoms with van der Waals surface area (Å²) in [6.07, 6.45) is 0.607. The predicted octanol–water partition coefficient (Wildman–Crippen LogP) is 2.26. The van der Waals surface area contributed by atoms with Crippen LogP contribution in [0.1, 0.15) is 17.5 Å². The van der Waals surface area contributed by atoms with E-state index in [1.165, 1.54) is 6.07 Å². The summed E-state index contributed by atoms with van der Waals surface area (Å²) < 4.78 is 24.3. The van der Waals surface area contributed by atoms with Crippen molar-refractivity contribution in [1.82, 2.24) is 10.2 Å². The fourth-order valence-corrected chi connectivity index (χ4v) is 3.53. The monoisotopic (exact) mass is 384 g/mol. The highest BCUT2D eigenvalue weighted by atomic mass is 19.1. The van der Waals surface area contributed by atoms with Gasteiger partial charge in [0.2, 0.25) is 18.6 Å². The number of fused-ring (bicyclic) bond motifs is 1. The van der Waals surface area contributed by atoms with E-state index in [1.54, 1.807) is 23.1 Å². The first-order valence-corrected chi connectivity index (χ1v) is 9.27. The SMILES string of the molecule is O=C(NCCc1ccccc1F)C1CC(=O)N(Cc2ccc3c(c2)OCO3)C1. The molecule has 0 saturated carbocycles. The molecular weight excluding hydrogens is 363 g/mol. The quantitative estimate of drug-likeness (QED) is 0.830. The lowest BCUT2D eigenvalue weighted by Gasteiger charge is -2.17. The Morgan fingerprint density at radius 2 is 2.00 bits per heavy atom. The van der Waals surface area contributed by atoms with Crippen LogP contribution in [-0.2, 0) is 22.6 Å². The molecule has 2 aromatic carbocycles. The Morgan fingerprint density at radius 1 is 1.18 bits per heavy atom. The lowest BCUT2D eigenvalue weighted by molar-refractivity contribution is -0.129. The van der Waals surface area contributed by atoms with Gasteiger partial charge in [-0.25, -0.2) is 4.39 Å². The van der Waals surface area contributed by atoms with Gasteiger partial charge in [0.05, 0.1) is 5.92 Å². The number of nitrogens with one attached hydrogen (secondary N) is 1. The molecule has 1 saturated heterocycles. The number of hydrogen-bond acceptors (Lipinski definition) is 4. The Hall–Kier alpha value is -3.09. The molecular formula is C21H21FN2O4. The van der Waals surface area contributed by atoms with E-state index in [4.69, 9.17) is 9.47 Å². The molecule has 2 heterocycles. The molecule has 0 radical (unpaired) electrons. The summed E-state index contributed by atoms with van der Waals surface area (Å²) in [5.74, 6) is 0.491. The predicted molar refractivity (Wildman–Crippen MR) is 99.2 cm³/mol. The van der Waals surface area contributed by atoms with Crippen LogP contribution in [0.5, 0.6) is 11.5 Å². The van der Waals surface area contributed by atoms with E-state index in [1.807, 2.05) is 18.2 Å². The van der Waals surface area contributed by atoms with Crippen LogP contribution in [0, 0.1) is 11.7 Å². The Labute approximate surface area is 162 Å². The second-order valence-electron chi connectivity index (χ2n) is 7.00. The van der Waals surface area contributed by atoms with E-state index >= 15 is 0 Å². The molecule has 28 heavy (non-hydrogen) atoms. The van der Waals surface area contributed by atoms with Crippen molar-refractivity contribution in [3.05, 3.63) is 59.4 Å². The third-order valence-electron chi connectivity index (χ3n) is 5.05. The molecule has 1 unspecified atom stereocenters. The molecule has 0 bridgehead atoms. The minimum atomic E-state index is -0.387. The van der Waals surface area contributed by atoms with Crippen LogP contribution in [0.4, 0.5) is 4.39 Å². The van der Waals surface area contributed by atoms with Crippen molar-refractivity contribution in [2.75, 3.05) is 19.9 Å². The molecule has 2 amide bonds. The Kier molecular flexibility index (Phi) is 5.14. The van der Waals surface area contributed by atoms with Crippen molar-refractivity contribution >= 4 is 11.8 Å². The van der Waals surface area contributed by atoms with Gasteiger partial charge in [0.15, 0.2) is 11.5 Å². The molecule has 1 atom stereocenters. The number of carbonyl (C=O) groups excluding carboxylic acids is 2. The number of benzene rings is 2. The topological polar surface area (TPSA) is 67.9 Å². The van der Waals surface area contributed by atoms with Crippen LogP contribution in [0.25, 0.3) is 0 Å². The highest BCUT2D eigenvalue weighted by Crippen LogP contribution is 2.33. The van der Waals surface area contributed by atoms with Crippen molar-refractivity contribution < 1.29 is 23.5 Å². The number of rotatable bonds is 6. The van der Waals surface area contributed by atoms with Crippen molar-refractivity contribution in [3.63, 3.8) is 0 Å². The van der Waals surface area contributed by atoms with Gasteiger partial charge in [-0.2, -0.15) is 0 Å². The summed E-state index contributed by atoms with van der Waals surface area (Å²) in [6, 6.07) is 12.1. The summed E-state index contributed by atoms with van der Waals surface area (Å²) in [6.45, 7) is 1.34. The smallest absolute Gasteiger partial charge is 0.231 e. The summed E-state index contributed by atoms with van der Waals surface area (Å²) in [7, 11) is 0. The molecule has 1 fully saturated rings. The van der Waals surface area contributed by atoms with Crippen LogP contribution in [-0.4, -0.2) is 36.6 Å². The molecule has 2 aliphatic heterocycles. The summed E-state index contributed by atoms with van der Waals surface area (Å²) >= 11 is 0. The van der Waals surface area contributed by atoms with Crippen LogP contribution in [0.3, 0.4) is 0 Å². The zero-order valence-corrected chi connectivity index (χ0v) is 15.3. The minimum absolute atomic E-state index is 0.0491. The van der Waals surface area contributed by atoms with E-state index in [9.17, 15) is 14.0 Å². The van der Waals surface area contributed by atoms with E-state index in [2.05, 4.69) is 5.32 Å². The largest absolute Gasteiger partial charge is 0.454 e. The standard InChI is InChI=1S/C21H21FN2O4/c22-17-4-2-1-3-15(17)7-8-23-21(26)16-10-20(25)24(12-16)11-14-5-6-18-19(9-14)28-13-27-18/h1-6,9,16H,7-8,10-13H2,(H,23,26). The third-order valence-corrected chi connectivity index (χ3v) is 5.05. The van der Waals surface area contributed by atoms with Crippen LogP contribution in [0.2, 0.25) is 0 Å². The first kappa shape index (κ1) is 18.3. The summed E-state index contributed by atoms with van der Waals surface area (Å²) in [4.78, 5) is 26.4. The summed E-state index contributed by atoms with van der Waals surface area (Å²) in [5, 5.41) is 2.82. The van der Waals surface area contributed by atoms with Crippen molar-refractivity contribution in [2.45, 2.75) is 19.4 Å². The number of nitrogens with zero attached hydrogens (tertiary/aromatic N) is 1. The van der Waals surface area contributed by atoms with Gasteiger partial charge in [-0.3, -0.25) is 9.59 Å². The molecule has 7 heteroatoms. The molecule has 146 valence electrons. The van der Waals surface area contributed by atoms with Gasteiger partial charge in [0.25, 0.3) is 0 Å².